The molecule has 22 heavy (non-hydrogen) atoms. The first kappa shape index (κ1) is 14.3. The van der Waals surface area contributed by atoms with Crippen LogP contribution in [0.25, 0.3) is 10.9 Å². The van der Waals surface area contributed by atoms with Crippen molar-refractivity contribution in [2.45, 2.75) is 6.92 Å². The van der Waals surface area contributed by atoms with Gasteiger partial charge in [0.15, 0.2) is 0 Å². The van der Waals surface area contributed by atoms with Gasteiger partial charge in [-0.25, -0.2) is 9.59 Å². The summed E-state index contributed by atoms with van der Waals surface area (Å²) < 4.78 is 5.97. The minimum Gasteiger partial charge on any atom is -0.465 e. The number of rotatable bonds is 2. The molecule has 0 aliphatic rings. The van der Waals surface area contributed by atoms with Crippen molar-refractivity contribution >= 4 is 39.9 Å². The molecule has 0 saturated heterocycles. The average molecular weight is 315 g/mol. The number of nitrogens with one attached hydrogen (secondary N) is 1. The lowest BCUT2D eigenvalue weighted by Crippen LogP contribution is -2.21. The van der Waals surface area contributed by atoms with Crippen LogP contribution in [0.2, 0.25) is 0 Å². The van der Waals surface area contributed by atoms with E-state index >= 15 is 0 Å². The number of anilines is 1. The third-order valence-electron chi connectivity index (χ3n) is 3.20. The standard InChI is InChI=1S/C15H13N3O3S/c1-9-3-4-10-8-16-18(12(10)7-9)15(20)17-11-5-6-22-13(11)14(19)21-2/h3-8H,1-2H3,(H,17,20). The maximum atomic E-state index is 12.4. The van der Waals surface area contributed by atoms with Crippen LogP contribution in [-0.2, 0) is 4.74 Å². The number of amides is 1. The Balaban J connectivity index is 1.93. The van der Waals surface area contributed by atoms with E-state index in [1.54, 1.807) is 17.6 Å². The van der Waals surface area contributed by atoms with Crippen LogP contribution in [0.3, 0.4) is 0 Å². The van der Waals surface area contributed by atoms with Gasteiger partial charge in [-0.05, 0) is 30.0 Å². The zero-order valence-electron chi connectivity index (χ0n) is 12.0. The van der Waals surface area contributed by atoms with Crippen molar-refractivity contribution in [2.75, 3.05) is 12.4 Å². The first-order chi connectivity index (χ1) is 10.6. The Morgan fingerprint density at radius 1 is 1.32 bits per heavy atom. The number of thiophene rings is 1. The van der Waals surface area contributed by atoms with Crippen molar-refractivity contribution in [3.05, 3.63) is 46.3 Å². The molecule has 0 unspecified atom stereocenters. The van der Waals surface area contributed by atoms with E-state index in [2.05, 4.69) is 10.4 Å². The highest BCUT2D eigenvalue weighted by molar-refractivity contribution is 7.12. The van der Waals surface area contributed by atoms with Crippen LogP contribution in [0, 0.1) is 6.92 Å². The number of hydrogen-bond donors (Lipinski definition) is 1. The second-order valence-corrected chi connectivity index (χ2v) is 5.62. The van der Waals surface area contributed by atoms with Crippen LogP contribution >= 0.6 is 11.3 Å². The number of carbonyl (C=O) groups excluding carboxylic acids is 2. The summed E-state index contributed by atoms with van der Waals surface area (Å²) in [6.45, 7) is 1.95. The van der Waals surface area contributed by atoms with Gasteiger partial charge in [0, 0.05) is 5.39 Å². The number of ether oxygens (including phenoxy) is 1. The Labute approximate surface area is 130 Å². The number of aryl methyl sites for hydroxylation is 1. The van der Waals surface area contributed by atoms with E-state index in [4.69, 9.17) is 4.74 Å². The van der Waals surface area contributed by atoms with E-state index in [-0.39, 0.29) is 0 Å². The SMILES string of the molecule is COC(=O)c1sccc1NC(=O)n1ncc2ccc(C)cc21. The second-order valence-electron chi connectivity index (χ2n) is 4.70. The molecule has 0 saturated carbocycles. The molecule has 0 aliphatic heterocycles. The van der Waals surface area contributed by atoms with Gasteiger partial charge in [-0.1, -0.05) is 12.1 Å². The van der Waals surface area contributed by atoms with Gasteiger partial charge in [-0.3, -0.25) is 0 Å². The molecule has 0 atom stereocenters. The predicted molar refractivity (Wildman–Crippen MR) is 84.5 cm³/mol. The summed E-state index contributed by atoms with van der Waals surface area (Å²) in [6, 6.07) is 6.98. The lowest BCUT2D eigenvalue weighted by atomic mass is 10.2. The van der Waals surface area contributed by atoms with Crippen LogP contribution in [-0.4, -0.2) is 28.9 Å². The van der Waals surface area contributed by atoms with Crippen LogP contribution in [0.15, 0.2) is 35.8 Å². The van der Waals surface area contributed by atoms with Crippen molar-refractivity contribution in [3.8, 4) is 0 Å². The summed E-state index contributed by atoms with van der Waals surface area (Å²) >= 11 is 1.21. The molecule has 0 fully saturated rings. The summed E-state index contributed by atoms with van der Waals surface area (Å²) in [5.74, 6) is -0.480. The van der Waals surface area contributed by atoms with Crippen molar-refractivity contribution < 1.29 is 14.3 Å². The minimum atomic E-state index is -0.480. The second kappa shape index (κ2) is 5.61. The van der Waals surface area contributed by atoms with Gasteiger partial charge in [-0.15, -0.1) is 11.3 Å². The van der Waals surface area contributed by atoms with Gasteiger partial charge in [-0.2, -0.15) is 9.78 Å². The summed E-state index contributed by atoms with van der Waals surface area (Å²) in [6.07, 6.45) is 1.63. The Morgan fingerprint density at radius 3 is 2.91 bits per heavy atom. The Hall–Kier alpha value is -2.67. The summed E-state index contributed by atoms with van der Waals surface area (Å²) in [5.41, 5.74) is 2.17. The van der Waals surface area contributed by atoms with Crippen LogP contribution < -0.4 is 5.32 Å². The largest absolute Gasteiger partial charge is 0.465 e. The highest BCUT2D eigenvalue weighted by Crippen LogP contribution is 2.24. The zero-order chi connectivity index (χ0) is 15.7. The Morgan fingerprint density at radius 2 is 2.14 bits per heavy atom. The Bertz CT molecular complexity index is 866. The Kier molecular flexibility index (Phi) is 3.64. The average Bonchev–Trinajstić information content (AvgIpc) is 3.12. The van der Waals surface area contributed by atoms with Crippen LogP contribution in [0.4, 0.5) is 10.5 Å². The van der Waals surface area contributed by atoms with Gasteiger partial charge in [0.05, 0.1) is 24.5 Å². The molecule has 3 aromatic rings. The highest BCUT2D eigenvalue weighted by Gasteiger charge is 2.17. The third-order valence-corrected chi connectivity index (χ3v) is 4.09. The normalized spacial score (nSPS) is 10.6. The molecule has 0 spiro atoms. The molecular formula is C15H13N3O3S. The molecule has 1 amide bonds. The maximum Gasteiger partial charge on any atom is 0.350 e. The first-order valence-corrected chi connectivity index (χ1v) is 7.39. The number of fused-ring (bicyclic) bond motifs is 1. The van der Waals surface area contributed by atoms with E-state index in [1.807, 2.05) is 25.1 Å². The quantitative estimate of drug-likeness (QED) is 0.737. The lowest BCUT2D eigenvalue weighted by molar-refractivity contribution is 0.0607. The number of benzene rings is 1. The highest BCUT2D eigenvalue weighted by atomic mass is 32.1. The molecule has 1 aromatic carbocycles. The number of methoxy groups -OCH3 is 1. The zero-order valence-corrected chi connectivity index (χ0v) is 12.8. The fourth-order valence-electron chi connectivity index (χ4n) is 2.12. The van der Waals surface area contributed by atoms with E-state index in [1.165, 1.54) is 23.1 Å². The number of carbonyl (C=O) groups is 2. The molecule has 3 rings (SSSR count). The van der Waals surface area contributed by atoms with Gasteiger partial charge in [0.1, 0.15) is 4.88 Å². The van der Waals surface area contributed by atoms with Gasteiger partial charge in [0.2, 0.25) is 0 Å². The van der Waals surface area contributed by atoms with Gasteiger partial charge in [0.25, 0.3) is 0 Å². The van der Waals surface area contributed by atoms with Crippen LogP contribution in [0.1, 0.15) is 15.2 Å². The molecule has 0 aliphatic carbocycles. The van der Waals surface area contributed by atoms with E-state index < -0.39 is 12.0 Å². The number of nitrogens with zero attached hydrogens (tertiary/aromatic N) is 2. The monoisotopic (exact) mass is 315 g/mol. The first-order valence-electron chi connectivity index (χ1n) is 6.51. The van der Waals surface area contributed by atoms with Crippen molar-refractivity contribution in [3.63, 3.8) is 0 Å². The molecule has 1 N–H and O–H groups in total. The summed E-state index contributed by atoms with van der Waals surface area (Å²) in [4.78, 5) is 24.4. The van der Waals surface area contributed by atoms with Crippen molar-refractivity contribution in [1.82, 2.24) is 9.78 Å². The lowest BCUT2D eigenvalue weighted by Gasteiger charge is -2.06. The fraction of sp³-hybridized carbons (Fsp3) is 0.133. The molecule has 112 valence electrons. The molecule has 2 aromatic heterocycles. The third kappa shape index (κ3) is 2.46. The number of aromatic nitrogens is 2. The number of esters is 1. The van der Waals surface area contributed by atoms with Crippen LogP contribution in [0.5, 0.6) is 0 Å². The van der Waals surface area contributed by atoms with Crippen molar-refractivity contribution in [1.29, 1.82) is 0 Å². The van der Waals surface area contributed by atoms with E-state index in [9.17, 15) is 9.59 Å². The molecule has 7 heteroatoms. The molecule has 2 heterocycles. The van der Waals surface area contributed by atoms with E-state index in [0.717, 1.165) is 10.9 Å². The van der Waals surface area contributed by atoms with Crippen molar-refractivity contribution in [2.24, 2.45) is 0 Å². The topological polar surface area (TPSA) is 73.2 Å². The summed E-state index contributed by atoms with van der Waals surface area (Å²) in [5, 5.41) is 9.38. The molecule has 6 nitrogen and oxygen atoms in total. The summed E-state index contributed by atoms with van der Waals surface area (Å²) in [7, 11) is 1.30. The number of hydrogen-bond acceptors (Lipinski definition) is 5. The molecule has 0 radical (unpaired) electrons. The molecular weight excluding hydrogens is 302 g/mol. The van der Waals surface area contributed by atoms with Gasteiger partial charge >= 0.3 is 12.0 Å². The van der Waals surface area contributed by atoms with Gasteiger partial charge < -0.3 is 10.1 Å². The predicted octanol–water partition coefficient (Wildman–Crippen LogP) is 3.27. The maximum absolute atomic E-state index is 12.4. The minimum absolute atomic E-state index is 0.350. The fourth-order valence-corrected chi connectivity index (χ4v) is 2.88. The van der Waals surface area contributed by atoms with E-state index in [0.29, 0.717) is 16.1 Å². The molecule has 0 bridgehead atoms. The smallest absolute Gasteiger partial charge is 0.350 e.